The maximum atomic E-state index is 12.6. The van der Waals surface area contributed by atoms with Gasteiger partial charge in [0, 0.05) is 25.2 Å². The minimum absolute atomic E-state index is 0.406. The lowest BCUT2D eigenvalue weighted by Gasteiger charge is -2.29. The van der Waals surface area contributed by atoms with Crippen LogP contribution in [0.3, 0.4) is 0 Å². The second kappa shape index (κ2) is 2.92. The summed E-state index contributed by atoms with van der Waals surface area (Å²) in [5, 5.41) is 3.43. The van der Waals surface area contributed by atoms with Gasteiger partial charge in [-0.15, -0.1) is 0 Å². The maximum absolute atomic E-state index is 12.6. The lowest BCUT2D eigenvalue weighted by atomic mass is 10.2. The van der Waals surface area contributed by atoms with Crippen LogP contribution in [0.2, 0.25) is 0 Å². The van der Waals surface area contributed by atoms with Crippen molar-refractivity contribution in [1.82, 2.24) is 10.3 Å². The highest BCUT2D eigenvalue weighted by Gasteiger charge is 2.37. The summed E-state index contributed by atoms with van der Waals surface area (Å²) in [6.07, 6.45) is 2.83. The number of aromatic nitrogens is 1. The van der Waals surface area contributed by atoms with Gasteiger partial charge in [-0.1, -0.05) is 0 Å². The van der Waals surface area contributed by atoms with Gasteiger partial charge in [-0.3, -0.25) is 0 Å². The largest absolute Gasteiger partial charge is 0.364 e. The van der Waals surface area contributed by atoms with Crippen molar-refractivity contribution in [2.75, 3.05) is 18.0 Å². The van der Waals surface area contributed by atoms with E-state index in [1.54, 1.807) is 6.20 Å². The van der Waals surface area contributed by atoms with E-state index in [0.29, 0.717) is 12.1 Å². The minimum atomic E-state index is -0.406. The number of nitrogens with one attached hydrogen (secondary N) is 1. The summed E-state index contributed by atoms with van der Waals surface area (Å²) in [6, 6.07) is 4.43. The Kier molecular flexibility index (Phi) is 1.70. The Balaban J connectivity index is 1.86. The van der Waals surface area contributed by atoms with E-state index in [-0.39, 0.29) is 0 Å². The molecule has 2 aliphatic rings. The number of hydrogen-bond acceptors (Lipinski definition) is 3. The topological polar surface area (TPSA) is 28.2 Å². The second-order valence-electron chi connectivity index (χ2n) is 3.99. The maximum Gasteiger partial charge on any atom is 0.212 e. The zero-order chi connectivity index (χ0) is 9.54. The fourth-order valence-corrected chi connectivity index (χ4v) is 2.41. The van der Waals surface area contributed by atoms with Gasteiger partial charge in [0.15, 0.2) is 0 Å². The molecule has 2 fully saturated rings. The predicted octanol–water partition coefficient (Wildman–Crippen LogP) is 0.771. The van der Waals surface area contributed by atoms with Gasteiger partial charge in [-0.25, -0.2) is 4.98 Å². The van der Waals surface area contributed by atoms with E-state index in [1.807, 2.05) is 6.07 Å². The molecule has 14 heavy (non-hydrogen) atoms. The molecule has 0 aliphatic carbocycles. The summed E-state index contributed by atoms with van der Waals surface area (Å²) in [5.74, 6) is -0.406. The van der Waals surface area contributed by atoms with E-state index < -0.39 is 5.95 Å². The first-order valence-electron chi connectivity index (χ1n) is 4.94. The number of hydrogen-bond donors (Lipinski definition) is 1. The molecule has 0 amide bonds. The summed E-state index contributed by atoms with van der Waals surface area (Å²) < 4.78 is 12.6. The van der Waals surface area contributed by atoms with E-state index in [0.717, 1.165) is 18.8 Å². The normalized spacial score (nSPS) is 29.9. The molecule has 1 aromatic rings. The van der Waals surface area contributed by atoms with E-state index in [2.05, 4.69) is 15.2 Å². The Morgan fingerprint density at radius 2 is 2.43 bits per heavy atom. The first kappa shape index (κ1) is 8.17. The van der Waals surface area contributed by atoms with Gasteiger partial charge < -0.3 is 10.2 Å². The van der Waals surface area contributed by atoms with Crippen LogP contribution in [0.5, 0.6) is 0 Å². The van der Waals surface area contributed by atoms with E-state index in [1.165, 1.54) is 12.5 Å². The molecule has 2 aliphatic heterocycles. The average Bonchev–Trinajstić information content (AvgIpc) is 2.80. The highest BCUT2D eigenvalue weighted by atomic mass is 19.1. The van der Waals surface area contributed by atoms with Crippen molar-refractivity contribution >= 4 is 5.69 Å². The first-order valence-corrected chi connectivity index (χ1v) is 4.94. The lowest BCUT2D eigenvalue weighted by Crippen LogP contribution is -2.43. The SMILES string of the molecule is Fc1ccc(N2CC3CC2CN3)cn1. The molecule has 1 aromatic heterocycles. The van der Waals surface area contributed by atoms with E-state index in [4.69, 9.17) is 0 Å². The molecule has 3 nitrogen and oxygen atoms in total. The Bertz CT molecular complexity index is 338. The van der Waals surface area contributed by atoms with Gasteiger partial charge in [0.2, 0.25) is 5.95 Å². The fourth-order valence-electron chi connectivity index (χ4n) is 2.41. The van der Waals surface area contributed by atoms with Crippen LogP contribution < -0.4 is 10.2 Å². The number of anilines is 1. The van der Waals surface area contributed by atoms with Crippen LogP contribution >= 0.6 is 0 Å². The lowest BCUT2D eigenvalue weighted by molar-refractivity contribution is 0.570. The summed E-state index contributed by atoms with van der Waals surface area (Å²) in [6.45, 7) is 2.07. The highest BCUT2D eigenvalue weighted by Crippen LogP contribution is 2.28. The number of rotatable bonds is 1. The van der Waals surface area contributed by atoms with E-state index >= 15 is 0 Å². The molecular weight excluding hydrogens is 181 g/mol. The summed E-state index contributed by atoms with van der Waals surface area (Å²) in [5.41, 5.74) is 1.04. The summed E-state index contributed by atoms with van der Waals surface area (Å²) in [7, 11) is 0. The molecular formula is C10H12FN3. The van der Waals surface area contributed by atoms with Crippen LogP contribution in [0.1, 0.15) is 6.42 Å². The Morgan fingerprint density at radius 1 is 1.50 bits per heavy atom. The van der Waals surface area contributed by atoms with Gasteiger partial charge in [0.05, 0.1) is 11.9 Å². The van der Waals surface area contributed by atoms with Gasteiger partial charge in [-0.2, -0.15) is 4.39 Å². The molecule has 0 aromatic carbocycles. The molecule has 0 saturated carbocycles. The van der Waals surface area contributed by atoms with Crippen LogP contribution in [-0.2, 0) is 0 Å². The standard InChI is InChI=1S/C10H12FN3/c11-10-2-1-8(4-13-10)14-6-7-3-9(14)5-12-7/h1-2,4,7,9,12H,3,5-6H2. The zero-order valence-corrected chi connectivity index (χ0v) is 7.78. The van der Waals surface area contributed by atoms with Crippen molar-refractivity contribution in [2.24, 2.45) is 0 Å². The smallest absolute Gasteiger partial charge is 0.212 e. The number of halogens is 1. The molecule has 0 radical (unpaired) electrons. The molecule has 2 unspecified atom stereocenters. The van der Waals surface area contributed by atoms with Crippen molar-refractivity contribution < 1.29 is 4.39 Å². The van der Waals surface area contributed by atoms with Gasteiger partial charge >= 0.3 is 0 Å². The van der Waals surface area contributed by atoms with Gasteiger partial charge in [0.1, 0.15) is 0 Å². The van der Waals surface area contributed by atoms with Crippen molar-refractivity contribution in [2.45, 2.75) is 18.5 Å². The number of pyridine rings is 1. The zero-order valence-electron chi connectivity index (χ0n) is 7.78. The van der Waals surface area contributed by atoms with Crippen LogP contribution in [0.15, 0.2) is 18.3 Å². The van der Waals surface area contributed by atoms with Gasteiger partial charge in [0.25, 0.3) is 0 Å². The number of nitrogens with zero attached hydrogens (tertiary/aromatic N) is 2. The third-order valence-electron chi connectivity index (χ3n) is 3.10. The van der Waals surface area contributed by atoms with Crippen LogP contribution in [-0.4, -0.2) is 30.2 Å². The molecule has 0 spiro atoms. The molecule has 3 rings (SSSR count). The molecule has 2 bridgehead atoms. The molecule has 4 heteroatoms. The molecule has 2 atom stereocenters. The number of fused-ring (bicyclic) bond motifs is 2. The molecule has 1 N–H and O–H groups in total. The van der Waals surface area contributed by atoms with Crippen LogP contribution in [0.25, 0.3) is 0 Å². The van der Waals surface area contributed by atoms with Crippen molar-refractivity contribution in [3.63, 3.8) is 0 Å². The van der Waals surface area contributed by atoms with E-state index in [9.17, 15) is 4.39 Å². The predicted molar refractivity (Wildman–Crippen MR) is 51.7 cm³/mol. The monoisotopic (exact) mass is 193 g/mol. The second-order valence-corrected chi connectivity index (χ2v) is 3.99. The van der Waals surface area contributed by atoms with Crippen molar-refractivity contribution in [3.8, 4) is 0 Å². The third kappa shape index (κ3) is 1.18. The Hall–Kier alpha value is -1.16. The van der Waals surface area contributed by atoms with Gasteiger partial charge in [-0.05, 0) is 18.6 Å². The molecule has 3 heterocycles. The third-order valence-corrected chi connectivity index (χ3v) is 3.10. The highest BCUT2D eigenvalue weighted by molar-refractivity contribution is 5.47. The summed E-state index contributed by atoms with van der Waals surface area (Å²) >= 11 is 0. The minimum Gasteiger partial charge on any atom is -0.364 e. The quantitative estimate of drug-likeness (QED) is 0.668. The average molecular weight is 193 g/mol. The Labute approximate surface area is 81.9 Å². The van der Waals surface area contributed by atoms with Crippen LogP contribution in [0.4, 0.5) is 10.1 Å². The fraction of sp³-hybridized carbons (Fsp3) is 0.500. The number of piperazine rings is 1. The van der Waals surface area contributed by atoms with Crippen LogP contribution in [0, 0.1) is 5.95 Å². The van der Waals surface area contributed by atoms with Crippen molar-refractivity contribution in [1.29, 1.82) is 0 Å². The van der Waals surface area contributed by atoms with Crippen molar-refractivity contribution in [3.05, 3.63) is 24.3 Å². The summed E-state index contributed by atoms with van der Waals surface area (Å²) in [4.78, 5) is 5.99. The molecule has 74 valence electrons. The Morgan fingerprint density at radius 3 is 3.00 bits per heavy atom. The molecule has 2 saturated heterocycles. The first-order chi connectivity index (χ1) is 6.83.